The lowest BCUT2D eigenvalue weighted by atomic mass is 10.0. The van der Waals surface area contributed by atoms with Crippen LogP contribution in [0.25, 0.3) is 0 Å². The molecular formula is C14H20N2O3S. The van der Waals surface area contributed by atoms with E-state index >= 15 is 0 Å². The van der Waals surface area contributed by atoms with E-state index in [-0.39, 0.29) is 11.7 Å². The van der Waals surface area contributed by atoms with Gasteiger partial charge in [-0.2, -0.15) is 0 Å². The minimum absolute atomic E-state index is 0.0462. The van der Waals surface area contributed by atoms with E-state index in [1.54, 1.807) is 17.9 Å². The van der Waals surface area contributed by atoms with Gasteiger partial charge in [0, 0.05) is 24.3 Å². The molecule has 0 atom stereocenters. The summed E-state index contributed by atoms with van der Waals surface area (Å²) in [5, 5.41) is 0. The maximum Gasteiger partial charge on any atom is 0.232 e. The Labute approximate surface area is 120 Å². The number of nitrogens with zero attached hydrogens (tertiary/aromatic N) is 1. The summed E-state index contributed by atoms with van der Waals surface area (Å²) in [5.74, 6) is 0.151. The molecule has 2 rings (SSSR count). The summed E-state index contributed by atoms with van der Waals surface area (Å²) in [6, 6.07) is 5.38. The lowest BCUT2D eigenvalue weighted by Gasteiger charge is -2.29. The summed E-state index contributed by atoms with van der Waals surface area (Å²) >= 11 is 0. The van der Waals surface area contributed by atoms with Gasteiger partial charge in [0.15, 0.2) is 0 Å². The van der Waals surface area contributed by atoms with Gasteiger partial charge in [0.1, 0.15) is 0 Å². The highest BCUT2D eigenvalue weighted by molar-refractivity contribution is 7.92. The van der Waals surface area contributed by atoms with Crippen molar-refractivity contribution >= 4 is 27.3 Å². The first-order valence-corrected chi connectivity index (χ1v) is 8.56. The highest BCUT2D eigenvalue weighted by Gasteiger charge is 2.21. The summed E-state index contributed by atoms with van der Waals surface area (Å²) in [6.07, 6.45) is 2.25. The molecule has 6 heteroatoms. The number of hydrogen-bond donors (Lipinski definition) is 1. The number of fused-ring (bicyclic) bond motifs is 1. The average Bonchev–Trinajstić information content (AvgIpc) is 2.45. The highest BCUT2D eigenvalue weighted by atomic mass is 32.2. The lowest BCUT2D eigenvalue weighted by molar-refractivity contribution is -0.118. The number of carbonyl (C=O) groups excluding carboxylic acids is 1. The number of benzene rings is 1. The van der Waals surface area contributed by atoms with Crippen LogP contribution in [0.3, 0.4) is 0 Å². The Morgan fingerprint density at radius 3 is 2.75 bits per heavy atom. The van der Waals surface area contributed by atoms with Crippen molar-refractivity contribution in [3.63, 3.8) is 0 Å². The van der Waals surface area contributed by atoms with Gasteiger partial charge in [0.05, 0.1) is 5.75 Å². The summed E-state index contributed by atoms with van der Waals surface area (Å²) in [5.41, 5.74) is 2.49. The van der Waals surface area contributed by atoms with Crippen LogP contribution in [0, 0.1) is 0 Å². The van der Waals surface area contributed by atoms with Crippen molar-refractivity contribution in [1.82, 2.24) is 0 Å². The number of sulfonamides is 1. The van der Waals surface area contributed by atoms with Crippen molar-refractivity contribution in [3.05, 3.63) is 23.8 Å². The first-order chi connectivity index (χ1) is 9.46. The number of anilines is 2. The van der Waals surface area contributed by atoms with E-state index in [1.807, 2.05) is 19.1 Å². The molecule has 5 nitrogen and oxygen atoms in total. The summed E-state index contributed by atoms with van der Waals surface area (Å²) in [7, 11) is -3.26. The van der Waals surface area contributed by atoms with Crippen molar-refractivity contribution in [2.24, 2.45) is 0 Å². The fourth-order valence-electron chi connectivity index (χ4n) is 2.36. The topological polar surface area (TPSA) is 66.5 Å². The second-order valence-corrected chi connectivity index (χ2v) is 6.86. The van der Waals surface area contributed by atoms with Crippen molar-refractivity contribution in [3.8, 4) is 0 Å². The second-order valence-electron chi connectivity index (χ2n) is 4.85. The minimum Gasteiger partial charge on any atom is -0.312 e. The molecule has 1 amide bonds. The van der Waals surface area contributed by atoms with Gasteiger partial charge in [0.2, 0.25) is 15.9 Å². The second kappa shape index (κ2) is 5.83. The Bertz CT molecular complexity index is 611. The van der Waals surface area contributed by atoms with Gasteiger partial charge in [-0.05, 0) is 43.5 Å². The third kappa shape index (κ3) is 3.12. The molecule has 0 fully saturated rings. The molecule has 0 radical (unpaired) electrons. The van der Waals surface area contributed by atoms with Crippen molar-refractivity contribution in [2.45, 2.75) is 33.1 Å². The minimum atomic E-state index is -3.26. The molecule has 1 aliphatic heterocycles. The highest BCUT2D eigenvalue weighted by Crippen LogP contribution is 2.30. The van der Waals surface area contributed by atoms with E-state index in [9.17, 15) is 13.2 Å². The van der Waals surface area contributed by atoms with Gasteiger partial charge < -0.3 is 4.90 Å². The van der Waals surface area contributed by atoms with Gasteiger partial charge in [-0.15, -0.1) is 0 Å². The van der Waals surface area contributed by atoms with Crippen molar-refractivity contribution in [2.75, 3.05) is 21.9 Å². The van der Waals surface area contributed by atoms with Crippen LogP contribution in [-0.2, 0) is 21.2 Å². The van der Waals surface area contributed by atoms with Crippen LogP contribution in [0.5, 0.6) is 0 Å². The fourth-order valence-corrected chi connectivity index (χ4v) is 2.99. The maximum absolute atomic E-state index is 11.9. The monoisotopic (exact) mass is 296 g/mol. The predicted molar refractivity (Wildman–Crippen MR) is 80.5 cm³/mol. The summed E-state index contributed by atoms with van der Waals surface area (Å²) < 4.78 is 25.7. The molecule has 0 saturated carbocycles. The van der Waals surface area contributed by atoms with E-state index in [4.69, 9.17) is 0 Å². The van der Waals surface area contributed by atoms with E-state index in [2.05, 4.69) is 4.72 Å². The van der Waals surface area contributed by atoms with E-state index in [1.165, 1.54) is 0 Å². The molecule has 1 aromatic rings. The van der Waals surface area contributed by atoms with E-state index < -0.39 is 10.0 Å². The number of carbonyl (C=O) groups is 1. The predicted octanol–water partition coefficient (Wildman–Crippen LogP) is 2.14. The Morgan fingerprint density at radius 1 is 1.35 bits per heavy atom. The molecule has 0 saturated heterocycles. The summed E-state index contributed by atoms with van der Waals surface area (Å²) in [6.45, 7) is 4.18. The first kappa shape index (κ1) is 14.8. The van der Waals surface area contributed by atoms with Crippen LogP contribution in [0.15, 0.2) is 18.2 Å². The quantitative estimate of drug-likeness (QED) is 0.925. The van der Waals surface area contributed by atoms with E-state index in [0.717, 1.165) is 30.6 Å². The number of rotatable bonds is 4. The zero-order chi connectivity index (χ0) is 14.8. The Kier molecular flexibility index (Phi) is 4.32. The molecule has 0 unspecified atom stereocenters. The molecule has 0 aliphatic carbocycles. The molecule has 1 heterocycles. The SMILES string of the molecule is CCC(=O)N1CCCc2cc(NS(=O)(=O)CC)ccc21. The van der Waals surface area contributed by atoms with Crippen LogP contribution in [0.4, 0.5) is 11.4 Å². The van der Waals surface area contributed by atoms with E-state index in [0.29, 0.717) is 12.1 Å². The molecule has 0 aromatic heterocycles. The number of aryl methyl sites for hydroxylation is 1. The molecule has 0 spiro atoms. The van der Waals surface area contributed by atoms with Crippen LogP contribution in [0.1, 0.15) is 32.3 Å². The number of nitrogens with one attached hydrogen (secondary N) is 1. The smallest absolute Gasteiger partial charge is 0.232 e. The maximum atomic E-state index is 11.9. The third-order valence-corrected chi connectivity index (χ3v) is 4.76. The molecule has 110 valence electrons. The largest absolute Gasteiger partial charge is 0.312 e. The molecular weight excluding hydrogens is 276 g/mol. The van der Waals surface area contributed by atoms with Crippen LogP contribution in [-0.4, -0.2) is 26.6 Å². The number of hydrogen-bond acceptors (Lipinski definition) is 3. The van der Waals surface area contributed by atoms with Gasteiger partial charge in [-0.25, -0.2) is 8.42 Å². The third-order valence-electron chi connectivity index (χ3n) is 3.46. The fraction of sp³-hybridized carbons (Fsp3) is 0.500. The van der Waals surface area contributed by atoms with Gasteiger partial charge in [0.25, 0.3) is 0 Å². The molecule has 1 aromatic carbocycles. The van der Waals surface area contributed by atoms with Crippen LogP contribution < -0.4 is 9.62 Å². The standard InChI is InChI=1S/C14H20N2O3S/c1-3-14(17)16-9-5-6-11-10-12(7-8-13(11)16)15-20(18,19)4-2/h7-8,10,15H,3-6,9H2,1-2H3. The first-order valence-electron chi connectivity index (χ1n) is 6.90. The Hall–Kier alpha value is -1.56. The average molecular weight is 296 g/mol. The normalized spacial score (nSPS) is 14.8. The van der Waals surface area contributed by atoms with Gasteiger partial charge in [-0.1, -0.05) is 6.92 Å². The molecule has 20 heavy (non-hydrogen) atoms. The van der Waals surface area contributed by atoms with Gasteiger partial charge >= 0.3 is 0 Å². The summed E-state index contributed by atoms with van der Waals surface area (Å²) in [4.78, 5) is 13.7. The molecule has 1 aliphatic rings. The van der Waals surface area contributed by atoms with Crippen LogP contribution >= 0.6 is 0 Å². The number of amides is 1. The molecule has 1 N–H and O–H groups in total. The molecule has 0 bridgehead atoms. The van der Waals surface area contributed by atoms with Crippen molar-refractivity contribution in [1.29, 1.82) is 0 Å². The van der Waals surface area contributed by atoms with Gasteiger partial charge in [-0.3, -0.25) is 9.52 Å². The Balaban J connectivity index is 2.30. The van der Waals surface area contributed by atoms with Crippen molar-refractivity contribution < 1.29 is 13.2 Å². The Morgan fingerprint density at radius 2 is 2.10 bits per heavy atom. The zero-order valence-corrected chi connectivity index (χ0v) is 12.7. The zero-order valence-electron chi connectivity index (χ0n) is 11.8. The van der Waals surface area contributed by atoms with Crippen LogP contribution in [0.2, 0.25) is 0 Å². The lowest BCUT2D eigenvalue weighted by Crippen LogP contribution is -2.34.